The van der Waals surface area contributed by atoms with Crippen molar-refractivity contribution >= 4 is 23.7 Å². The van der Waals surface area contributed by atoms with Gasteiger partial charge in [0.1, 0.15) is 5.60 Å². The second-order valence-electron chi connectivity index (χ2n) is 7.29. The highest BCUT2D eigenvalue weighted by molar-refractivity contribution is 6.16. The number of Topliss-reactive ketones (excluding diaryl/α,β-unsaturated/α-hetero) is 1. The van der Waals surface area contributed by atoms with E-state index >= 15 is 0 Å². The number of ketones is 1. The second kappa shape index (κ2) is 5.01. The summed E-state index contributed by atoms with van der Waals surface area (Å²) in [5.41, 5.74) is 0.909. The molecule has 1 aromatic rings. The summed E-state index contributed by atoms with van der Waals surface area (Å²) in [7, 11) is 0. The van der Waals surface area contributed by atoms with Crippen molar-refractivity contribution in [3.05, 3.63) is 23.5 Å². The lowest BCUT2D eigenvalue weighted by atomic mass is 9.75. The fraction of sp³-hybridized carbons (Fsp3) is 0.625. The predicted molar refractivity (Wildman–Crippen MR) is 83.2 cm³/mol. The normalized spacial score (nSPS) is 20.4. The first kappa shape index (κ1) is 15.4. The van der Waals surface area contributed by atoms with E-state index in [4.69, 9.17) is 16.5 Å². The molecule has 0 N–H and O–H groups in total. The van der Waals surface area contributed by atoms with Crippen LogP contribution in [-0.4, -0.2) is 39.6 Å². The molecule has 2 aliphatic rings. The number of carbonyl (C=O) groups is 2. The van der Waals surface area contributed by atoms with Gasteiger partial charge in [-0.2, -0.15) is 0 Å². The Hall–Kier alpha value is -1.49. The summed E-state index contributed by atoms with van der Waals surface area (Å²) in [6.45, 7) is 6.69. The summed E-state index contributed by atoms with van der Waals surface area (Å²) in [4.78, 5) is 26.5. The quantitative estimate of drug-likeness (QED) is 0.736. The van der Waals surface area contributed by atoms with E-state index in [0.717, 1.165) is 17.5 Å². The lowest BCUT2D eigenvalue weighted by Gasteiger charge is -2.38. The number of ether oxygens (including phenoxy) is 1. The summed E-state index contributed by atoms with van der Waals surface area (Å²) in [6.07, 6.45) is 5.30. The van der Waals surface area contributed by atoms with E-state index in [1.54, 1.807) is 11.1 Å². The van der Waals surface area contributed by atoms with E-state index in [1.807, 2.05) is 27.0 Å². The lowest BCUT2D eigenvalue weighted by molar-refractivity contribution is 0.0113. The molecule has 1 fully saturated rings. The average Bonchev–Trinajstić information content (AvgIpc) is 2.86. The molecule has 0 aromatic carbocycles. The van der Waals surface area contributed by atoms with Crippen LogP contribution in [0.4, 0.5) is 4.79 Å². The van der Waals surface area contributed by atoms with E-state index in [-0.39, 0.29) is 17.3 Å². The van der Waals surface area contributed by atoms with Gasteiger partial charge in [0.25, 0.3) is 0 Å². The predicted octanol–water partition coefficient (Wildman–Crippen LogP) is 3.25. The molecule has 1 aliphatic carbocycles. The van der Waals surface area contributed by atoms with Crippen molar-refractivity contribution in [1.82, 2.24) is 8.99 Å². The number of carbonyl (C=O) groups excluding carboxylic acids is 2. The van der Waals surface area contributed by atoms with Gasteiger partial charge in [0.05, 0.1) is 0 Å². The topological polar surface area (TPSA) is 51.5 Å². The van der Waals surface area contributed by atoms with E-state index in [0.29, 0.717) is 25.9 Å². The molecule has 0 atom stereocenters. The lowest BCUT2D eigenvalue weighted by Crippen LogP contribution is -2.47. The van der Waals surface area contributed by atoms with E-state index in [2.05, 4.69) is 0 Å². The number of amides is 1. The minimum Gasteiger partial charge on any atom is -0.444 e. The van der Waals surface area contributed by atoms with Gasteiger partial charge in [-0.25, -0.2) is 4.79 Å². The molecule has 0 saturated carbocycles. The van der Waals surface area contributed by atoms with Gasteiger partial charge in [-0.05, 0) is 45.6 Å². The van der Waals surface area contributed by atoms with Crippen LogP contribution in [0.15, 0.2) is 12.4 Å². The summed E-state index contributed by atoms with van der Waals surface area (Å²) in [5.74, 6) is 0.172. The highest BCUT2D eigenvalue weighted by Crippen LogP contribution is 2.45. The Kier molecular flexibility index (Phi) is 3.51. The van der Waals surface area contributed by atoms with Gasteiger partial charge >= 0.3 is 6.09 Å². The standard InChI is InChI=1S/C16H21ClN2O3/c1-15(2,3)22-14(21)18-6-4-16(5-7-18)8-11-9-19(17)10-12(11)13(16)20/h9-10H,4-8H2,1-3H3. The van der Waals surface area contributed by atoms with Gasteiger partial charge in [0, 0.05) is 48.2 Å². The minimum atomic E-state index is -0.494. The molecule has 5 nitrogen and oxygen atoms in total. The Bertz CT molecular complexity index is 622. The largest absolute Gasteiger partial charge is 0.444 e. The highest BCUT2D eigenvalue weighted by Gasteiger charge is 2.48. The number of halogens is 1. The summed E-state index contributed by atoms with van der Waals surface area (Å²) in [5, 5.41) is 0. The molecular weight excluding hydrogens is 304 g/mol. The molecule has 1 aliphatic heterocycles. The minimum absolute atomic E-state index is 0.172. The van der Waals surface area contributed by atoms with Crippen molar-refractivity contribution in [1.29, 1.82) is 0 Å². The van der Waals surface area contributed by atoms with Crippen LogP contribution in [0.3, 0.4) is 0 Å². The third-order valence-electron chi connectivity index (χ3n) is 4.50. The molecule has 6 heteroatoms. The summed E-state index contributed by atoms with van der Waals surface area (Å²) >= 11 is 5.89. The van der Waals surface area contributed by atoms with Gasteiger partial charge < -0.3 is 9.64 Å². The zero-order valence-electron chi connectivity index (χ0n) is 13.2. The molecule has 1 aromatic heterocycles. The Labute approximate surface area is 135 Å². The van der Waals surface area contributed by atoms with Crippen LogP contribution in [0.5, 0.6) is 0 Å². The number of aromatic nitrogens is 1. The van der Waals surface area contributed by atoms with Gasteiger partial charge in [-0.15, -0.1) is 0 Å². The Balaban J connectivity index is 1.67. The Morgan fingerprint density at radius 2 is 1.91 bits per heavy atom. The van der Waals surface area contributed by atoms with Crippen molar-refractivity contribution in [3.63, 3.8) is 0 Å². The monoisotopic (exact) mass is 324 g/mol. The van der Waals surface area contributed by atoms with Crippen LogP contribution in [0.2, 0.25) is 0 Å². The molecule has 0 radical (unpaired) electrons. The third-order valence-corrected chi connectivity index (χ3v) is 4.70. The first-order valence-electron chi connectivity index (χ1n) is 7.60. The molecule has 22 heavy (non-hydrogen) atoms. The van der Waals surface area contributed by atoms with Gasteiger partial charge in [-0.3, -0.25) is 8.88 Å². The first-order valence-corrected chi connectivity index (χ1v) is 7.94. The third kappa shape index (κ3) is 2.62. The molecule has 3 rings (SSSR count). The van der Waals surface area contributed by atoms with Crippen molar-refractivity contribution in [3.8, 4) is 0 Å². The van der Waals surface area contributed by atoms with Crippen LogP contribution in [0, 0.1) is 5.41 Å². The second-order valence-corrected chi connectivity index (χ2v) is 7.69. The number of piperidine rings is 1. The van der Waals surface area contributed by atoms with Crippen LogP contribution in [0.25, 0.3) is 0 Å². The van der Waals surface area contributed by atoms with Gasteiger partial charge in [0.15, 0.2) is 5.78 Å². The maximum Gasteiger partial charge on any atom is 0.410 e. The van der Waals surface area contributed by atoms with Crippen molar-refractivity contribution < 1.29 is 14.3 Å². The number of rotatable bonds is 0. The number of hydrogen-bond donors (Lipinski definition) is 0. The van der Waals surface area contributed by atoms with Gasteiger partial charge in [-0.1, -0.05) is 0 Å². The summed E-state index contributed by atoms with van der Waals surface area (Å²) in [6, 6.07) is 0. The summed E-state index contributed by atoms with van der Waals surface area (Å²) < 4.78 is 6.82. The smallest absolute Gasteiger partial charge is 0.410 e. The van der Waals surface area contributed by atoms with Crippen LogP contribution in [-0.2, 0) is 11.2 Å². The van der Waals surface area contributed by atoms with Crippen LogP contribution < -0.4 is 0 Å². The molecule has 1 saturated heterocycles. The zero-order valence-corrected chi connectivity index (χ0v) is 13.9. The fourth-order valence-electron chi connectivity index (χ4n) is 3.39. The molecule has 1 spiro atoms. The van der Waals surface area contributed by atoms with Crippen LogP contribution in [0.1, 0.15) is 49.5 Å². The van der Waals surface area contributed by atoms with E-state index in [9.17, 15) is 9.59 Å². The molecule has 2 heterocycles. The average molecular weight is 325 g/mol. The molecule has 0 bridgehead atoms. The number of likely N-dealkylation sites (tertiary alicyclic amines) is 1. The first-order chi connectivity index (χ1) is 10.2. The maximum absolute atomic E-state index is 12.7. The van der Waals surface area contributed by atoms with E-state index in [1.165, 1.54) is 4.09 Å². The van der Waals surface area contributed by atoms with Crippen LogP contribution >= 0.6 is 11.8 Å². The molecule has 120 valence electrons. The SMILES string of the molecule is CC(C)(C)OC(=O)N1CCC2(CC1)Cc1cn(Cl)cc1C2=O. The molecular formula is C16H21ClN2O3. The highest BCUT2D eigenvalue weighted by atomic mass is 35.5. The Morgan fingerprint density at radius 3 is 2.45 bits per heavy atom. The fourth-order valence-corrected chi connectivity index (χ4v) is 3.60. The molecule has 0 unspecified atom stereocenters. The number of fused-ring (bicyclic) bond motifs is 1. The number of hydrogen-bond acceptors (Lipinski definition) is 3. The number of nitrogens with zero attached hydrogens (tertiary/aromatic N) is 2. The molecule has 1 amide bonds. The van der Waals surface area contributed by atoms with Crippen molar-refractivity contribution in [2.75, 3.05) is 13.1 Å². The van der Waals surface area contributed by atoms with E-state index < -0.39 is 5.60 Å². The van der Waals surface area contributed by atoms with Crippen molar-refractivity contribution in [2.45, 2.75) is 45.6 Å². The zero-order chi connectivity index (χ0) is 16.1. The Morgan fingerprint density at radius 1 is 1.27 bits per heavy atom. The van der Waals surface area contributed by atoms with Gasteiger partial charge in [0.2, 0.25) is 0 Å². The maximum atomic E-state index is 12.7. The van der Waals surface area contributed by atoms with Crippen molar-refractivity contribution in [2.24, 2.45) is 5.41 Å².